The molecule has 1 aromatic rings. The molecule has 1 aromatic heterocycles. The van der Waals surface area contributed by atoms with Crippen LogP contribution in [0, 0.1) is 0 Å². The SMILES string of the molecule is CC(C)(C)c1ncnc(C2CCC2)n1. The van der Waals surface area contributed by atoms with Crippen molar-refractivity contribution in [3.05, 3.63) is 18.0 Å². The zero-order chi connectivity index (χ0) is 10.2. The molecule has 0 amide bonds. The van der Waals surface area contributed by atoms with Crippen LogP contribution >= 0.6 is 0 Å². The van der Waals surface area contributed by atoms with Crippen molar-refractivity contribution >= 4 is 0 Å². The van der Waals surface area contributed by atoms with Crippen LogP contribution in [0.4, 0.5) is 0 Å². The van der Waals surface area contributed by atoms with E-state index in [4.69, 9.17) is 0 Å². The summed E-state index contributed by atoms with van der Waals surface area (Å²) in [5.74, 6) is 2.50. The molecule has 0 spiro atoms. The van der Waals surface area contributed by atoms with Gasteiger partial charge in [-0.1, -0.05) is 27.2 Å². The first kappa shape index (κ1) is 9.56. The summed E-state index contributed by atoms with van der Waals surface area (Å²) in [5, 5.41) is 0. The predicted molar refractivity (Wildman–Crippen MR) is 55.1 cm³/mol. The van der Waals surface area contributed by atoms with Gasteiger partial charge in [-0.3, -0.25) is 0 Å². The molecule has 3 heteroatoms. The van der Waals surface area contributed by atoms with Gasteiger partial charge in [0.25, 0.3) is 0 Å². The molecule has 0 aliphatic heterocycles. The van der Waals surface area contributed by atoms with E-state index in [1.807, 2.05) is 0 Å². The van der Waals surface area contributed by atoms with Crippen LogP contribution in [0.15, 0.2) is 6.33 Å². The summed E-state index contributed by atoms with van der Waals surface area (Å²) in [6.45, 7) is 6.40. The van der Waals surface area contributed by atoms with E-state index in [0.29, 0.717) is 5.92 Å². The maximum Gasteiger partial charge on any atom is 0.137 e. The molecule has 0 radical (unpaired) electrons. The van der Waals surface area contributed by atoms with Crippen molar-refractivity contribution in [2.75, 3.05) is 0 Å². The van der Waals surface area contributed by atoms with Crippen molar-refractivity contribution in [1.29, 1.82) is 0 Å². The van der Waals surface area contributed by atoms with Crippen LogP contribution in [-0.2, 0) is 5.41 Å². The van der Waals surface area contributed by atoms with Gasteiger partial charge < -0.3 is 0 Å². The first-order valence-corrected chi connectivity index (χ1v) is 5.27. The van der Waals surface area contributed by atoms with Crippen LogP contribution < -0.4 is 0 Å². The number of hydrogen-bond acceptors (Lipinski definition) is 3. The minimum atomic E-state index is 0.0292. The summed E-state index contributed by atoms with van der Waals surface area (Å²) in [4.78, 5) is 13.0. The fraction of sp³-hybridized carbons (Fsp3) is 0.727. The highest BCUT2D eigenvalue weighted by atomic mass is 15.0. The second kappa shape index (κ2) is 3.30. The van der Waals surface area contributed by atoms with Crippen molar-refractivity contribution in [2.45, 2.75) is 51.4 Å². The minimum Gasteiger partial charge on any atom is -0.221 e. The Balaban J connectivity index is 2.26. The Labute approximate surface area is 85.0 Å². The van der Waals surface area contributed by atoms with E-state index in [-0.39, 0.29) is 5.41 Å². The molecule has 14 heavy (non-hydrogen) atoms. The standard InChI is InChI=1S/C11H17N3/c1-11(2,3)10-13-7-12-9(14-10)8-5-4-6-8/h7-8H,4-6H2,1-3H3. The molecule has 0 aromatic carbocycles. The van der Waals surface area contributed by atoms with E-state index in [9.17, 15) is 0 Å². The third-order valence-corrected chi connectivity index (χ3v) is 2.73. The van der Waals surface area contributed by atoms with Gasteiger partial charge in [-0.15, -0.1) is 0 Å². The van der Waals surface area contributed by atoms with Crippen LogP contribution in [0.1, 0.15) is 57.6 Å². The molecule has 1 fully saturated rings. The van der Waals surface area contributed by atoms with E-state index in [0.717, 1.165) is 11.6 Å². The molecule has 1 aliphatic carbocycles. The molecule has 0 bridgehead atoms. The van der Waals surface area contributed by atoms with E-state index < -0.39 is 0 Å². The van der Waals surface area contributed by atoms with Gasteiger partial charge in [0.2, 0.25) is 0 Å². The van der Waals surface area contributed by atoms with Gasteiger partial charge >= 0.3 is 0 Å². The molecule has 1 heterocycles. The Morgan fingerprint density at radius 1 is 1.21 bits per heavy atom. The van der Waals surface area contributed by atoms with Crippen molar-refractivity contribution in [3.63, 3.8) is 0 Å². The third kappa shape index (κ3) is 1.76. The van der Waals surface area contributed by atoms with Gasteiger partial charge in [0.1, 0.15) is 18.0 Å². The largest absolute Gasteiger partial charge is 0.221 e. The second-order valence-corrected chi connectivity index (χ2v) is 5.05. The van der Waals surface area contributed by atoms with Gasteiger partial charge in [0, 0.05) is 11.3 Å². The molecule has 0 saturated heterocycles. The first-order valence-electron chi connectivity index (χ1n) is 5.27. The predicted octanol–water partition coefficient (Wildman–Crippen LogP) is 2.44. The maximum atomic E-state index is 4.54. The fourth-order valence-corrected chi connectivity index (χ4v) is 1.53. The molecular weight excluding hydrogens is 174 g/mol. The van der Waals surface area contributed by atoms with Crippen LogP contribution in [0.2, 0.25) is 0 Å². The monoisotopic (exact) mass is 191 g/mol. The molecule has 0 atom stereocenters. The van der Waals surface area contributed by atoms with Crippen LogP contribution in [0.25, 0.3) is 0 Å². The van der Waals surface area contributed by atoms with Gasteiger partial charge in [0.15, 0.2) is 0 Å². The minimum absolute atomic E-state index is 0.0292. The van der Waals surface area contributed by atoms with Gasteiger partial charge in [-0.25, -0.2) is 15.0 Å². The molecule has 76 valence electrons. The zero-order valence-corrected chi connectivity index (χ0v) is 9.12. The Kier molecular flexibility index (Phi) is 2.25. The smallest absolute Gasteiger partial charge is 0.137 e. The Morgan fingerprint density at radius 2 is 1.93 bits per heavy atom. The normalized spacial score (nSPS) is 17.9. The summed E-state index contributed by atoms with van der Waals surface area (Å²) in [5.41, 5.74) is 0.0292. The fourth-order valence-electron chi connectivity index (χ4n) is 1.53. The van der Waals surface area contributed by atoms with E-state index in [1.54, 1.807) is 6.33 Å². The van der Waals surface area contributed by atoms with Crippen molar-refractivity contribution in [2.24, 2.45) is 0 Å². The summed E-state index contributed by atoms with van der Waals surface area (Å²) in [6.07, 6.45) is 5.46. The molecule has 2 rings (SSSR count). The van der Waals surface area contributed by atoms with Crippen molar-refractivity contribution < 1.29 is 0 Å². The lowest BCUT2D eigenvalue weighted by Gasteiger charge is -2.25. The molecule has 1 saturated carbocycles. The lowest BCUT2D eigenvalue weighted by molar-refractivity contribution is 0.394. The Bertz CT molecular complexity index is 324. The lowest BCUT2D eigenvalue weighted by Crippen LogP contribution is -2.20. The Hall–Kier alpha value is -0.990. The van der Waals surface area contributed by atoms with Crippen LogP contribution in [0.3, 0.4) is 0 Å². The number of nitrogens with zero attached hydrogens (tertiary/aromatic N) is 3. The Morgan fingerprint density at radius 3 is 2.43 bits per heavy atom. The van der Waals surface area contributed by atoms with Crippen LogP contribution in [0.5, 0.6) is 0 Å². The average molecular weight is 191 g/mol. The summed E-state index contributed by atoms with van der Waals surface area (Å²) < 4.78 is 0. The quantitative estimate of drug-likeness (QED) is 0.684. The summed E-state index contributed by atoms with van der Waals surface area (Å²) in [6, 6.07) is 0. The first-order chi connectivity index (χ1) is 6.57. The number of aromatic nitrogens is 3. The van der Waals surface area contributed by atoms with Gasteiger partial charge in [-0.05, 0) is 12.8 Å². The highest BCUT2D eigenvalue weighted by molar-refractivity contribution is 5.06. The molecule has 3 nitrogen and oxygen atoms in total. The van der Waals surface area contributed by atoms with Crippen LogP contribution in [-0.4, -0.2) is 15.0 Å². The highest BCUT2D eigenvalue weighted by Gasteiger charge is 2.24. The number of rotatable bonds is 1. The summed E-state index contributed by atoms with van der Waals surface area (Å²) in [7, 11) is 0. The average Bonchev–Trinajstić information content (AvgIpc) is 2.00. The topological polar surface area (TPSA) is 38.7 Å². The number of hydrogen-bond donors (Lipinski definition) is 0. The maximum absolute atomic E-state index is 4.54. The van der Waals surface area contributed by atoms with E-state index in [2.05, 4.69) is 35.7 Å². The van der Waals surface area contributed by atoms with E-state index in [1.165, 1.54) is 19.3 Å². The van der Waals surface area contributed by atoms with Gasteiger partial charge in [0.05, 0.1) is 0 Å². The molecule has 1 aliphatic rings. The lowest BCUT2D eigenvalue weighted by atomic mass is 9.84. The second-order valence-electron chi connectivity index (χ2n) is 5.05. The van der Waals surface area contributed by atoms with Crippen molar-refractivity contribution in [3.8, 4) is 0 Å². The molecule has 0 unspecified atom stereocenters. The molecular formula is C11H17N3. The molecule has 0 N–H and O–H groups in total. The van der Waals surface area contributed by atoms with E-state index >= 15 is 0 Å². The summed E-state index contributed by atoms with van der Waals surface area (Å²) >= 11 is 0. The van der Waals surface area contributed by atoms with Gasteiger partial charge in [-0.2, -0.15) is 0 Å². The highest BCUT2D eigenvalue weighted by Crippen LogP contribution is 2.34. The zero-order valence-electron chi connectivity index (χ0n) is 9.12. The van der Waals surface area contributed by atoms with Crippen molar-refractivity contribution in [1.82, 2.24) is 15.0 Å². The third-order valence-electron chi connectivity index (χ3n) is 2.73.